The minimum Gasteiger partial charge on any atom is -0.423 e. The highest BCUT2D eigenvalue weighted by atomic mass is 32.2. The standard InChI is InChI=1S/C17H19NO5S/c1-11-3-4-13-12(9-16(20)23-14(13)7-11)8-15(19)18-17(2)5-6-24(21,22)10-17/h3-4,7,9H,5-6,8,10H2,1-2H3,(H,18,19)/t17-/m1/s1. The smallest absolute Gasteiger partial charge is 0.336 e. The molecule has 0 bridgehead atoms. The summed E-state index contributed by atoms with van der Waals surface area (Å²) in [5, 5.41) is 3.51. The van der Waals surface area contributed by atoms with Crippen LogP contribution in [0.4, 0.5) is 0 Å². The summed E-state index contributed by atoms with van der Waals surface area (Å²) in [6.45, 7) is 3.62. The van der Waals surface area contributed by atoms with E-state index < -0.39 is 21.0 Å². The SMILES string of the molecule is Cc1ccc2c(CC(=O)N[C@]3(C)CCS(=O)(=O)C3)cc(=O)oc2c1. The lowest BCUT2D eigenvalue weighted by molar-refractivity contribution is -0.121. The van der Waals surface area contributed by atoms with E-state index in [2.05, 4.69) is 5.32 Å². The van der Waals surface area contributed by atoms with Gasteiger partial charge in [-0.25, -0.2) is 13.2 Å². The normalized spacial score (nSPS) is 22.6. The summed E-state index contributed by atoms with van der Waals surface area (Å²) < 4.78 is 28.4. The second-order valence-corrected chi connectivity index (χ2v) is 8.90. The van der Waals surface area contributed by atoms with Gasteiger partial charge in [-0.1, -0.05) is 12.1 Å². The van der Waals surface area contributed by atoms with Crippen LogP contribution >= 0.6 is 0 Å². The van der Waals surface area contributed by atoms with Gasteiger partial charge in [0.05, 0.1) is 23.5 Å². The van der Waals surface area contributed by atoms with Gasteiger partial charge >= 0.3 is 5.63 Å². The summed E-state index contributed by atoms with van der Waals surface area (Å²) in [5.41, 5.74) is 0.714. The molecular formula is C17H19NO5S. The maximum absolute atomic E-state index is 12.4. The van der Waals surface area contributed by atoms with Crippen LogP contribution in [0.25, 0.3) is 11.0 Å². The van der Waals surface area contributed by atoms with Gasteiger partial charge in [-0.05, 0) is 37.5 Å². The maximum atomic E-state index is 12.4. The Morgan fingerprint density at radius 2 is 2.08 bits per heavy atom. The van der Waals surface area contributed by atoms with Crippen LogP contribution in [0, 0.1) is 6.92 Å². The number of benzene rings is 1. The Hall–Kier alpha value is -2.15. The molecule has 7 heteroatoms. The zero-order valence-corrected chi connectivity index (χ0v) is 14.4. The van der Waals surface area contributed by atoms with E-state index in [4.69, 9.17) is 4.42 Å². The second-order valence-electron chi connectivity index (χ2n) is 6.72. The van der Waals surface area contributed by atoms with Crippen LogP contribution in [-0.2, 0) is 21.1 Å². The highest BCUT2D eigenvalue weighted by Crippen LogP contribution is 2.24. The van der Waals surface area contributed by atoms with Crippen molar-refractivity contribution >= 4 is 26.7 Å². The van der Waals surface area contributed by atoms with Crippen molar-refractivity contribution in [3.8, 4) is 0 Å². The molecule has 1 aliphatic heterocycles. The van der Waals surface area contributed by atoms with Gasteiger partial charge in [0.25, 0.3) is 0 Å². The minimum atomic E-state index is -3.10. The molecule has 1 N–H and O–H groups in total. The van der Waals surface area contributed by atoms with Crippen LogP contribution in [0.2, 0.25) is 0 Å². The molecule has 6 nitrogen and oxygen atoms in total. The molecule has 0 aliphatic carbocycles. The van der Waals surface area contributed by atoms with E-state index in [1.807, 2.05) is 19.1 Å². The third-order valence-electron chi connectivity index (χ3n) is 4.28. The molecule has 0 spiro atoms. The molecular weight excluding hydrogens is 330 g/mol. The number of carbonyl (C=O) groups excluding carboxylic acids is 1. The van der Waals surface area contributed by atoms with E-state index >= 15 is 0 Å². The topological polar surface area (TPSA) is 93.5 Å². The van der Waals surface area contributed by atoms with Crippen molar-refractivity contribution in [2.24, 2.45) is 0 Å². The van der Waals surface area contributed by atoms with E-state index in [0.717, 1.165) is 5.56 Å². The van der Waals surface area contributed by atoms with Gasteiger partial charge in [0.2, 0.25) is 5.91 Å². The van der Waals surface area contributed by atoms with Crippen molar-refractivity contribution in [1.29, 1.82) is 0 Å². The molecule has 1 saturated heterocycles. The Labute approximate surface area is 139 Å². The summed E-state index contributed by atoms with van der Waals surface area (Å²) in [6.07, 6.45) is 0.402. The van der Waals surface area contributed by atoms with Crippen molar-refractivity contribution in [2.75, 3.05) is 11.5 Å². The summed E-state index contributed by atoms with van der Waals surface area (Å²) in [7, 11) is -3.10. The van der Waals surface area contributed by atoms with Crippen molar-refractivity contribution in [2.45, 2.75) is 32.2 Å². The molecule has 0 radical (unpaired) electrons. The van der Waals surface area contributed by atoms with Gasteiger partial charge in [-0.15, -0.1) is 0 Å². The van der Waals surface area contributed by atoms with Crippen LogP contribution in [0.15, 0.2) is 33.5 Å². The third-order valence-corrected chi connectivity index (χ3v) is 6.18. The molecule has 3 rings (SSSR count). The van der Waals surface area contributed by atoms with Crippen LogP contribution < -0.4 is 10.9 Å². The molecule has 1 aromatic heterocycles. The molecule has 1 aliphatic rings. The van der Waals surface area contributed by atoms with Crippen molar-refractivity contribution < 1.29 is 17.6 Å². The lowest BCUT2D eigenvalue weighted by Crippen LogP contribution is -2.47. The van der Waals surface area contributed by atoms with E-state index in [1.54, 1.807) is 13.0 Å². The summed E-state index contributed by atoms with van der Waals surface area (Å²) >= 11 is 0. The molecule has 2 heterocycles. The minimum absolute atomic E-state index is 0.000792. The number of rotatable bonds is 3. The Bertz CT molecular complexity index is 976. The van der Waals surface area contributed by atoms with Gasteiger partial charge in [0.1, 0.15) is 5.58 Å². The number of fused-ring (bicyclic) bond motifs is 1. The number of sulfone groups is 1. The van der Waals surface area contributed by atoms with Crippen LogP contribution in [0.1, 0.15) is 24.5 Å². The van der Waals surface area contributed by atoms with E-state index in [9.17, 15) is 18.0 Å². The highest BCUT2D eigenvalue weighted by Gasteiger charge is 2.39. The average Bonchev–Trinajstić information content (AvgIpc) is 2.71. The first-order valence-corrected chi connectivity index (χ1v) is 9.53. The van der Waals surface area contributed by atoms with Crippen molar-refractivity contribution in [1.82, 2.24) is 5.32 Å². The molecule has 1 atom stereocenters. The maximum Gasteiger partial charge on any atom is 0.336 e. The Morgan fingerprint density at radius 3 is 2.75 bits per heavy atom. The Kier molecular flexibility index (Phi) is 3.99. The molecule has 24 heavy (non-hydrogen) atoms. The fraction of sp³-hybridized carbons (Fsp3) is 0.412. The second kappa shape index (κ2) is 5.73. The molecule has 0 unspecified atom stereocenters. The quantitative estimate of drug-likeness (QED) is 0.844. The number of aryl methyl sites for hydroxylation is 1. The van der Waals surface area contributed by atoms with E-state index in [0.29, 0.717) is 23.0 Å². The van der Waals surface area contributed by atoms with Gasteiger partial charge in [0, 0.05) is 11.5 Å². The molecule has 1 amide bonds. The highest BCUT2D eigenvalue weighted by molar-refractivity contribution is 7.91. The number of nitrogens with one attached hydrogen (secondary N) is 1. The largest absolute Gasteiger partial charge is 0.423 e. The number of amides is 1. The third kappa shape index (κ3) is 3.51. The first-order chi connectivity index (χ1) is 11.2. The zero-order valence-electron chi connectivity index (χ0n) is 13.6. The predicted molar refractivity (Wildman–Crippen MR) is 90.7 cm³/mol. The molecule has 0 saturated carbocycles. The molecule has 128 valence electrons. The van der Waals surface area contributed by atoms with Gasteiger partial charge in [-0.2, -0.15) is 0 Å². The lowest BCUT2D eigenvalue weighted by Gasteiger charge is -2.24. The van der Waals surface area contributed by atoms with Gasteiger partial charge in [0.15, 0.2) is 9.84 Å². The van der Waals surface area contributed by atoms with Crippen LogP contribution in [-0.4, -0.2) is 31.4 Å². The molecule has 1 fully saturated rings. The number of hydrogen-bond donors (Lipinski definition) is 1. The number of carbonyl (C=O) groups is 1. The van der Waals surface area contributed by atoms with Crippen LogP contribution in [0.3, 0.4) is 0 Å². The first-order valence-electron chi connectivity index (χ1n) is 7.71. The van der Waals surface area contributed by atoms with Crippen molar-refractivity contribution in [3.05, 3.63) is 45.8 Å². The average molecular weight is 349 g/mol. The monoisotopic (exact) mass is 349 g/mol. The fourth-order valence-electron chi connectivity index (χ4n) is 3.15. The van der Waals surface area contributed by atoms with E-state index in [1.165, 1.54) is 6.07 Å². The Morgan fingerprint density at radius 1 is 1.33 bits per heavy atom. The fourth-order valence-corrected chi connectivity index (χ4v) is 5.24. The van der Waals surface area contributed by atoms with Crippen LogP contribution in [0.5, 0.6) is 0 Å². The molecule has 1 aromatic carbocycles. The summed E-state index contributed by atoms with van der Waals surface area (Å²) in [5.74, 6) is -0.272. The van der Waals surface area contributed by atoms with E-state index in [-0.39, 0.29) is 23.8 Å². The molecule has 2 aromatic rings. The zero-order chi connectivity index (χ0) is 17.5. The van der Waals surface area contributed by atoms with Gasteiger partial charge in [-0.3, -0.25) is 4.79 Å². The number of hydrogen-bond acceptors (Lipinski definition) is 5. The first kappa shape index (κ1) is 16.7. The Balaban J connectivity index is 1.85. The summed E-state index contributed by atoms with van der Waals surface area (Å²) in [4.78, 5) is 24.1. The lowest BCUT2D eigenvalue weighted by atomic mass is 10.0. The van der Waals surface area contributed by atoms with Gasteiger partial charge < -0.3 is 9.73 Å². The summed E-state index contributed by atoms with van der Waals surface area (Å²) in [6, 6.07) is 6.76. The predicted octanol–water partition coefficient (Wildman–Crippen LogP) is 1.34. The van der Waals surface area contributed by atoms with Crippen molar-refractivity contribution in [3.63, 3.8) is 0 Å².